The first-order valence-corrected chi connectivity index (χ1v) is 16.8. The lowest BCUT2D eigenvalue weighted by Crippen LogP contribution is -2.73. The number of hydrogen-bond donors (Lipinski definition) is 3. The normalized spacial score (nSPS) is 53.4. The third-order valence-corrected chi connectivity index (χ3v) is 15.3. The Hall–Kier alpha value is -0.650. The van der Waals surface area contributed by atoms with Crippen LogP contribution in [-0.2, 0) is 9.53 Å². The van der Waals surface area contributed by atoms with Gasteiger partial charge < -0.3 is 20.3 Å². The van der Waals surface area contributed by atoms with Crippen molar-refractivity contribution in [2.75, 3.05) is 26.3 Å². The molecule has 0 aromatic carbocycles. The molecule has 0 radical (unpaired) electrons. The lowest BCUT2D eigenvalue weighted by atomic mass is 9.30. The molecule has 6 fully saturated rings. The molecule has 0 bridgehead atoms. The fourth-order valence-electron chi connectivity index (χ4n) is 12.5. The molecular weight excluding hydrogens is 498 g/mol. The molecule has 1 unspecified atom stereocenters. The van der Waals surface area contributed by atoms with E-state index in [9.17, 15) is 15.0 Å². The van der Waals surface area contributed by atoms with Gasteiger partial charge in [0.05, 0.1) is 13.2 Å². The van der Waals surface area contributed by atoms with Crippen LogP contribution in [0.15, 0.2) is 0 Å². The fourth-order valence-corrected chi connectivity index (χ4v) is 12.5. The van der Waals surface area contributed by atoms with Crippen molar-refractivity contribution in [2.24, 2.45) is 62.6 Å². The van der Waals surface area contributed by atoms with E-state index < -0.39 is 17.0 Å². The Morgan fingerprint density at radius 2 is 1.45 bits per heavy atom. The van der Waals surface area contributed by atoms with Gasteiger partial charge in [0, 0.05) is 18.5 Å². The van der Waals surface area contributed by atoms with E-state index in [2.05, 4.69) is 60.7 Å². The fraction of sp³-hybridized carbons (Fsp3) is 0.971. The van der Waals surface area contributed by atoms with Crippen LogP contribution in [0, 0.1) is 62.6 Å². The summed E-state index contributed by atoms with van der Waals surface area (Å²) in [6.07, 6.45) is 11.1. The first-order chi connectivity index (χ1) is 18.6. The number of aliphatic hydroxyl groups is 1. The quantitative estimate of drug-likeness (QED) is 0.318. The molecule has 5 heteroatoms. The molecular formula is C35H61NO4. The summed E-state index contributed by atoms with van der Waals surface area (Å²) in [5.41, 5.74) is -1.34. The number of ether oxygens (including phenoxy) is 1. The van der Waals surface area contributed by atoms with Gasteiger partial charge in [0.2, 0.25) is 0 Å². The average Bonchev–Trinajstić information content (AvgIpc) is 2.91. The van der Waals surface area contributed by atoms with E-state index in [1.165, 1.54) is 38.5 Å². The maximum absolute atomic E-state index is 12.7. The second-order valence-electron chi connectivity index (χ2n) is 17.0. The highest BCUT2D eigenvalue weighted by Crippen LogP contribution is 2.78. The van der Waals surface area contributed by atoms with E-state index in [1.807, 2.05) is 0 Å². The minimum atomic E-state index is -1.61. The van der Waals surface area contributed by atoms with Crippen LogP contribution >= 0.6 is 0 Å². The van der Waals surface area contributed by atoms with E-state index in [0.29, 0.717) is 11.8 Å². The smallest absolute Gasteiger partial charge is 0.336 e. The van der Waals surface area contributed by atoms with E-state index in [-0.39, 0.29) is 28.1 Å². The molecule has 3 N–H and O–H groups in total. The third-order valence-electron chi connectivity index (χ3n) is 15.3. The zero-order valence-electron chi connectivity index (χ0n) is 27.1. The third kappa shape index (κ3) is 4.20. The Kier molecular flexibility index (Phi) is 7.87. The van der Waals surface area contributed by atoms with Crippen LogP contribution in [0.2, 0.25) is 0 Å². The molecule has 230 valence electrons. The van der Waals surface area contributed by atoms with E-state index >= 15 is 0 Å². The molecule has 0 spiro atoms. The Morgan fingerprint density at radius 1 is 0.775 bits per heavy atom. The predicted octanol–water partition coefficient (Wildman–Crippen LogP) is 7.17. The Bertz CT molecular complexity index is 952. The van der Waals surface area contributed by atoms with Gasteiger partial charge in [-0.05, 0) is 121 Å². The molecule has 5 nitrogen and oxygen atoms in total. The van der Waals surface area contributed by atoms with Gasteiger partial charge in [-0.1, -0.05) is 55.4 Å². The molecule has 1 heterocycles. The standard InChI is InChI=1S/C31H52O3.C4H9NO/c1-19-11-13-27(5)16-17-28(6)21(24(27)20(19)2)9-10-23-29(28,7)14-12-22-26(3,4)15-18-31(34,25(32)33)30(22,23)8;1-3-6-4-2-5-1/h19-24,34H,9-18H2,1-8H3,(H,32,33);5H,1-4H2/t19-,20+,21-,22+,23+,24+,27-,28-,29-,30+,31?;/m1./s1. The summed E-state index contributed by atoms with van der Waals surface area (Å²) < 4.78 is 5.01. The lowest BCUT2D eigenvalue weighted by molar-refractivity contribution is -0.290. The van der Waals surface area contributed by atoms with E-state index in [1.54, 1.807) is 0 Å². The topological polar surface area (TPSA) is 78.8 Å². The van der Waals surface area contributed by atoms with Gasteiger partial charge in [0.1, 0.15) is 0 Å². The number of nitrogens with one attached hydrogen (secondary N) is 1. The largest absolute Gasteiger partial charge is 0.479 e. The lowest BCUT2D eigenvalue weighted by Gasteiger charge is -2.75. The number of fused-ring (bicyclic) bond motifs is 7. The monoisotopic (exact) mass is 559 g/mol. The molecule has 1 saturated heterocycles. The van der Waals surface area contributed by atoms with Gasteiger partial charge in [-0.2, -0.15) is 0 Å². The van der Waals surface area contributed by atoms with Crippen LogP contribution in [0.25, 0.3) is 0 Å². The number of carboxylic acids is 1. The summed E-state index contributed by atoms with van der Waals surface area (Å²) in [6.45, 7) is 23.5. The van der Waals surface area contributed by atoms with Crippen molar-refractivity contribution >= 4 is 5.97 Å². The molecule has 0 aromatic rings. The van der Waals surface area contributed by atoms with Gasteiger partial charge in [0.25, 0.3) is 0 Å². The SMILES string of the molecule is C1COCCN1.C[C@@H]1[C@H]2[C@H]3CC[C@@H]4[C@]5(C)[C@@H](CC[C@@]4(C)[C@]3(C)CC[C@@]2(C)CC[C@H]1C)C(C)(C)CCC5(O)C(=O)O. The zero-order chi connectivity index (χ0) is 29.4. The summed E-state index contributed by atoms with van der Waals surface area (Å²) in [7, 11) is 0. The first kappa shape index (κ1) is 30.8. The molecule has 6 aliphatic rings. The molecule has 40 heavy (non-hydrogen) atoms. The number of carboxylic acid groups (broad SMARTS) is 1. The maximum atomic E-state index is 12.7. The number of morpholine rings is 1. The van der Waals surface area contributed by atoms with E-state index in [4.69, 9.17) is 4.74 Å². The minimum absolute atomic E-state index is 0.0773. The molecule has 0 aromatic heterocycles. The second kappa shape index (κ2) is 10.2. The number of aliphatic carboxylic acids is 1. The van der Waals surface area contributed by atoms with E-state index in [0.717, 1.165) is 69.2 Å². The Balaban J connectivity index is 0.000000477. The Morgan fingerprint density at radius 3 is 2.02 bits per heavy atom. The van der Waals surface area contributed by atoms with Crippen molar-refractivity contribution in [3.05, 3.63) is 0 Å². The highest BCUT2D eigenvalue weighted by molar-refractivity contribution is 5.79. The van der Waals surface area contributed by atoms with Crippen molar-refractivity contribution in [3.8, 4) is 0 Å². The summed E-state index contributed by atoms with van der Waals surface area (Å²) in [5.74, 6) is 2.62. The number of hydrogen-bond acceptors (Lipinski definition) is 4. The van der Waals surface area contributed by atoms with Crippen LogP contribution < -0.4 is 5.32 Å². The van der Waals surface area contributed by atoms with Gasteiger partial charge in [0.15, 0.2) is 5.60 Å². The van der Waals surface area contributed by atoms with Crippen molar-refractivity contribution in [2.45, 2.75) is 125 Å². The first-order valence-electron chi connectivity index (χ1n) is 16.8. The van der Waals surface area contributed by atoms with Crippen LogP contribution in [0.5, 0.6) is 0 Å². The van der Waals surface area contributed by atoms with Crippen molar-refractivity contribution in [1.82, 2.24) is 5.32 Å². The average molecular weight is 560 g/mol. The summed E-state index contributed by atoms with van der Waals surface area (Å²) in [4.78, 5) is 12.7. The van der Waals surface area contributed by atoms with Crippen LogP contribution in [-0.4, -0.2) is 48.1 Å². The van der Waals surface area contributed by atoms with Crippen LogP contribution in [0.4, 0.5) is 0 Å². The molecule has 6 rings (SSSR count). The number of rotatable bonds is 1. The Labute approximate surface area is 245 Å². The molecule has 11 atom stereocenters. The molecule has 1 aliphatic heterocycles. The summed E-state index contributed by atoms with van der Waals surface area (Å²) in [6, 6.07) is 0. The highest BCUT2D eigenvalue weighted by atomic mass is 16.5. The summed E-state index contributed by atoms with van der Waals surface area (Å²) in [5, 5.41) is 25.6. The van der Waals surface area contributed by atoms with Crippen molar-refractivity contribution in [1.29, 1.82) is 0 Å². The van der Waals surface area contributed by atoms with Crippen molar-refractivity contribution < 1.29 is 19.7 Å². The van der Waals surface area contributed by atoms with Crippen LogP contribution in [0.1, 0.15) is 120 Å². The molecule has 5 saturated carbocycles. The van der Waals surface area contributed by atoms with Gasteiger partial charge in [-0.25, -0.2) is 4.79 Å². The minimum Gasteiger partial charge on any atom is -0.479 e. The molecule has 5 aliphatic carbocycles. The zero-order valence-corrected chi connectivity index (χ0v) is 27.1. The predicted molar refractivity (Wildman–Crippen MR) is 161 cm³/mol. The van der Waals surface area contributed by atoms with Gasteiger partial charge >= 0.3 is 5.97 Å². The maximum Gasteiger partial charge on any atom is 0.336 e. The van der Waals surface area contributed by atoms with Gasteiger partial charge in [-0.3, -0.25) is 0 Å². The second-order valence-corrected chi connectivity index (χ2v) is 17.0. The van der Waals surface area contributed by atoms with Crippen molar-refractivity contribution in [3.63, 3.8) is 0 Å². The molecule has 0 amide bonds. The number of carbonyl (C=O) groups is 1. The highest BCUT2D eigenvalue weighted by Gasteiger charge is 2.74. The van der Waals surface area contributed by atoms with Crippen LogP contribution in [0.3, 0.4) is 0 Å². The van der Waals surface area contributed by atoms with Gasteiger partial charge in [-0.15, -0.1) is 0 Å². The summed E-state index contributed by atoms with van der Waals surface area (Å²) >= 11 is 0.